The maximum absolute atomic E-state index is 12.2. The Kier molecular flexibility index (Phi) is 5.37. The first-order valence-electron chi connectivity index (χ1n) is 7.51. The van der Waals surface area contributed by atoms with Gasteiger partial charge in [-0.2, -0.15) is 0 Å². The van der Waals surface area contributed by atoms with Crippen molar-refractivity contribution in [3.63, 3.8) is 0 Å². The minimum Gasteiger partial charge on any atom is -0.463 e. The average Bonchev–Trinajstić information content (AvgIpc) is 2.46. The van der Waals surface area contributed by atoms with Gasteiger partial charge in [0.15, 0.2) is 0 Å². The smallest absolute Gasteiger partial charge is 0.337 e. The van der Waals surface area contributed by atoms with Crippen LogP contribution in [0.4, 0.5) is 4.79 Å². The van der Waals surface area contributed by atoms with Gasteiger partial charge in [0, 0.05) is 25.3 Å². The third-order valence-electron chi connectivity index (χ3n) is 3.65. The minimum absolute atomic E-state index is 0.0585. The SMILES string of the molecule is CCOC(=O)C1=C(CN2CCNC(=O)C2)NC(=O)N[C@@H]1CC. The fourth-order valence-electron chi connectivity index (χ4n) is 2.64. The predicted octanol–water partition coefficient (Wildman–Crippen LogP) is -0.673. The highest BCUT2D eigenvalue weighted by Crippen LogP contribution is 2.18. The molecule has 3 amide bonds. The van der Waals surface area contributed by atoms with E-state index in [4.69, 9.17) is 4.74 Å². The molecule has 0 radical (unpaired) electrons. The number of carbonyl (C=O) groups excluding carboxylic acids is 3. The summed E-state index contributed by atoms with van der Waals surface area (Å²) in [5.74, 6) is -0.491. The van der Waals surface area contributed by atoms with E-state index < -0.39 is 5.97 Å². The molecule has 2 heterocycles. The number of rotatable bonds is 5. The monoisotopic (exact) mass is 310 g/mol. The number of urea groups is 1. The first-order chi connectivity index (χ1) is 10.5. The van der Waals surface area contributed by atoms with Crippen LogP contribution in [0.15, 0.2) is 11.3 Å². The zero-order valence-corrected chi connectivity index (χ0v) is 12.9. The summed E-state index contributed by atoms with van der Waals surface area (Å²) in [6, 6.07) is -0.710. The van der Waals surface area contributed by atoms with Gasteiger partial charge in [-0.05, 0) is 13.3 Å². The second-order valence-electron chi connectivity index (χ2n) is 5.23. The summed E-state index contributed by atoms with van der Waals surface area (Å²) in [6.45, 7) is 5.72. The number of piperazine rings is 1. The van der Waals surface area contributed by atoms with Crippen molar-refractivity contribution in [1.29, 1.82) is 0 Å². The van der Waals surface area contributed by atoms with Crippen molar-refractivity contribution in [2.75, 3.05) is 32.8 Å². The molecular weight excluding hydrogens is 288 g/mol. The van der Waals surface area contributed by atoms with Gasteiger partial charge in [0.25, 0.3) is 0 Å². The highest BCUT2D eigenvalue weighted by Gasteiger charge is 2.32. The lowest BCUT2D eigenvalue weighted by Gasteiger charge is -2.32. The van der Waals surface area contributed by atoms with Crippen LogP contribution in [0, 0.1) is 0 Å². The van der Waals surface area contributed by atoms with Crippen LogP contribution >= 0.6 is 0 Å². The number of hydrogen-bond acceptors (Lipinski definition) is 5. The van der Waals surface area contributed by atoms with Crippen LogP contribution in [0.25, 0.3) is 0 Å². The quantitative estimate of drug-likeness (QED) is 0.585. The zero-order valence-electron chi connectivity index (χ0n) is 12.9. The van der Waals surface area contributed by atoms with Crippen molar-refractivity contribution < 1.29 is 19.1 Å². The number of hydrogen-bond donors (Lipinski definition) is 3. The van der Waals surface area contributed by atoms with E-state index >= 15 is 0 Å². The minimum atomic E-state index is -0.432. The van der Waals surface area contributed by atoms with Crippen LogP contribution in [-0.2, 0) is 14.3 Å². The molecule has 3 N–H and O–H groups in total. The highest BCUT2D eigenvalue weighted by molar-refractivity contribution is 5.94. The molecule has 0 aromatic rings. The lowest BCUT2D eigenvalue weighted by atomic mass is 10.00. The van der Waals surface area contributed by atoms with Crippen molar-refractivity contribution >= 4 is 17.9 Å². The van der Waals surface area contributed by atoms with Crippen LogP contribution in [0.5, 0.6) is 0 Å². The molecule has 1 saturated heterocycles. The van der Waals surface area contributed by atoms with Crippen molar-refractivity contribution in [3.05, 3.63) is 11.3 Å². The van der Waals surface area contributed by atoms with Crippen LogP contribution in [-0.4, -0.2) is 61.6 Å². The number of nitrogens with zero attached hydrogens (tertiary/aromatic N) is 1. The lowest BCUT2D eigenvalue weighted by molar-refractivity contribution is -0.139. The van der Waals surface area contributed by atoms with Crippen molar-refractivity contribution in [2.45, 2.75) is 26.3 Å². The van der Waals surface area contributed by atoms with Gasteiger partial charge < -0.3 is 20.7 Å². The van der Waals surface area contributed by atoms with E-state index in [1.165, 1.54) is 0 Å². The Morgan fingerprint density at radius 3 is 2.77 bits per heavy atom. The summed E-state index contributed by atoms with van der Waals surface area (Å²) in [5, 5.41) is 8.16. The third kappa shape index (κ3) is 3.76. The predicted molar refractivity (Wildman–Crippen MR) is 78.9 cm³/mol. The fourth-order valence-corrected chi connectivity index (χ4v) is 2.64. The summed E-state index contributed by atoms with van der Waals surface area (Å²) in [5.41, 5.74) is 0.957. The molecule has 0 bridgehead atoms. The molecule has 0 aromatic heterocycles. The van der Waals surface area contributed by atoms with Gasteiger partial charge in [0.05, 0.1) is 24.8 Å². The summed E-state index contributed by atoms with van der Waals surface area (Å²) in [7, 11) is 0. The third-order valence-corrected chi connectivity index (χ3v) is 3.65. The molecule has 0 aromatic carbocycles. The molecule has 2 rings (SSSR count). The van der Waals surface area contributed by atoms with Gasteiger partial charge in [-0.1, -0.05) is 6.92 Å². The Morgan fingerprint density at radius 1 is 1.36 bits per heavy atom. The average molecular weight is 310 g/mol. The number of esters is 1. The van der Waals surface area contributed by atoms with Crippen LogP contribution in [0.3, 0.4) is 0 Å². The van der Waals surface area contributed by atoms with Crippen molar-refractivity contribution in [2.24, 2.45) is 0 Å². The molecule has 0 spiro atoms. The second-order valence-corrected chi connectivity index (χ2v) is 5.23. The van der Waals surface area contributed by atoms with Crippen LogP contribution in [0.2, 0.25) is 0 Å². The first kappa shape index (κ1) is 16.3. The normalized spacial score (nSPS) is 22.7. The lowest BCUT2D eigenvalue weighted by Crippen LogP contribution is -2.54. The first-order valence-corrected chi connectivity index (χ1v) is 7.51. The molecule has 22 heavy (non-hydrogen) atoms. The molecule has 2 aliphatic rings. The van der Waals surface area contributed by atoms with Gasteiger partial charge in [-0.15, -0.1) is 0 Å². The van der Waals surface area contributed by atoms with E-state index in [1.807, 2.05) is 11.8 Å². The van der Waals surface area contributed by atoms with Gasteiger partial charge in [-0.3, -0.25) is 9.69 Å². The molecule has 8 heteroatoms. The Labute approximate surface area is 129 Å². The molecule has 1 atom stereocenters. The Hall–Kier alpha value is -2.09. The number of ether oxygens (including phenoxy) is 1. The van der Waals surface area contributed by atoms with Crippen LogP contribution < -0.4 is 16.0 Å². The fraction of sp³-hybridized carbons (Fsp3) is 0.643. The number of nitrogens with one attached hydrogen (secondary N) is 3. The maximum Gasteiger partial charge on any atom is 0.337 e. The number of amides is 3. The maximum atomic E-state index is 12.2. The molecule has 122 valence electrons. The van der Waals surface area contributed by atoms with Crippen molar-refractivity contribution in [3.8, 4) is 0 Å². The van der Waals surface area contributed by atoms with Gasteiger partial charge in [0.2, 0.25) is 5.91 Å². The van der Waals surface area contributed by atoms with E-state index in [0.29, 0.717) is 37.3 Å². The standard InChI is InChI=1S/C14H22N4O4/c1-3-9-12(13(20)22-4-2)10(17-14(21)16-9)7-18-6-5-15-11(19)8-18/h9H,3-8H2,1-2H3,(H,15,19)(H2,16,17,21)/t9-/m1/s1. The molecular formula is C14H22N4O4. The van der Waals surface area contributed by atoms with Crippen molar-refractivity contribution in [1.82, 2.24) is 20.9 Å². The van der Waals surface area contributed by atoms with Gasteiger partial charge in [0.1, 0.15) is 0 Å². The van der Waals surface area contributed by atoms with Gasteiger partial charge in [-0.25, -0.2) is 9.59 Å². The zero-order chi connectivity index (χ0) is 16.1. The highest BCUT2D eigenvalue weighted by atomic mass is 16.5. The van der Waals surface area contributed by atoms with Gasteiger partial charge >= 0.3 is 12.0 Å². The molecule has 0 saturated carbocycles. The molecule has 0 unspecified atom stereocenters. The summed E-state index contributed by atoms with van der Waals surface area (Å²) >= 11 is 0. The Bertz CT molecular complexity index is 503. The van der Waals surface area contributed by atoms with E-state index in [9.17, 15) is 14.4 Å². The van der Waals surface area contributed by atoms with E-state index in [0.717, 1.165) is 0 Å². The topological polar surface area (TPSA) is 99.8 Å². The van der Waals surface area contributed by atoms with E-state index in [2.05, 4.69) is 16.0 Å². The molecule has 2 aliphatic heterocycles. The molecule has 0 aliphatic carbocycles. The molecule has 1 fully saturated rings. The molecule has 8 nitrogen and oxygen atoms in total. The Balaban J connectivity index is 2.24. The van der Waals surface area contributed by atoms with E-state index in [1.54, 1.807) is 6.92 Å². The summed E-state index contributed by atoms with van der Waals surface area (Å²) in [6.07, 6.45) is 0.589. The number of carbonyl (C=O) groups is 3. The largest absolute Gasteiger partial charge is 0.463 e. The second kappa shape index (κ2) is 7.26. The van der Waals surface area contributed by atoms with E-state index in [-0.39, 0.29) is 31.1 Å². The van der Waals surface area contributed by atoms with Crippen LogP contribution in [0.1, 0.15) is 20.3 Å². The summed E-state index contributed by atoms with van der Waals surface area (Å²) < 4.78 is 5.10. The summed E-state index contributed by atoms with van der Waals surface area (Å²) in [4.78, 5) is 37.3. The Morgan fingerprint density at radius 2 is 2.14 bits per heavy atom.